The first-order valence-corrected chi connectivity index (χ1v) is 5.79. The SMILES string of the molecule is O=C(CCCCCl)N1CCC[C@H](O)C1. The van der Waals surface area contributed by atoms with Gasteiger partial charge in [-0.15, -0.1) is 11.6 Å². The predicted molar refractivity (Wildman–Crippen MR) is 56.4 cm³/mol. The van der Waals surface area contributed by atoms with Gasteiger partial charge in [-0.3, -0.25) is 4.79 Å². The van der Waals surface area contributed by atoms with Crippen LogP contribution in [-0.2, 0) is 4.79 Å². The summed E-state index contributed by atoms with van der Waals surface area (Å²) in [6.07, 6.45) is 3.74. The monoisotopic (exact) mass is 219 g/mol. The number of hydrogen-bond acceptors (Lipinski definition) is 2. The molecule has 0 unspecified atom stereocenters. The van der Waals surface area contributed by atoms with Crippen LogP contribution in [0.3, 0.4) is 0 Å². The van der Waals surface area contributed by atoms with Crippen LogP contribution >= 0.6 is 11.6 Å². The van der Waals surface area contributed by atoms with Gasteiger partial charge in [-0.25, -0.2) is 0 Å². The van der Waals surface area contributed by atoms with E-state index in [4.69, 9.17) is 11.6 Å². The van der Waals surface area contributed by atoms with Crippen molar-refractivity contribution in [3.8, 4) is 0 Å². The second-order valence-electron chi connectivity index (χ2n) is 3.78. The van der Waals surface area contributed by atoms with Crippen molar-refractivity contribution in [3.05, 3.63) is 0 Å². The number of unbranched alkanes of at least 4 members (excludes halogenated alkanes) is 1. The molecule has 1 aliphatic rings. The van der Waals surface area contributed by atoms with E-state index in [1.54, 1.807) is 4.90 Å². The van der Waals surface area contributed by atoms with Gasteiger partial charge in [0.2, 0.25) is 5.91 Å². The van der Waals surface area contributed by atoms with Gasteiger partial charge >= 0.3 is 0 Å². The van der Waals surface area contributed by atoms with Gasteiger partial charge in [0.25, 0.3) is 0 Å². The highest BCUT2D eigenvalue weighted by Gasteiger charge is 2.21. The van der Waals surface area contributed by atoms with E-state index in [1.807, 2.05) is 0 Å². The van der Waals surface area contributed by atoms with Gasteiger partial charge in [0, 0.05) is 25.4 Å². The second kappa shape index (κ2) is 6.25. The molecule has 1 atom stereocenters. The Morgan fingerprint density at radius 2 is 2.29 bits per heavy atom. The summed E-state index contributed by atoms with van der Waals surface area (Å²) in [4.78, 5) is 13.4. The largest absolute Gasteiger partial charge is 0.391 e. The molecule has 0 aromatic heterocycles. The van der Waals surface area contributed by atoms with Gasteiger partial charge in [-0.1, -0.05) is 0 Å². The standard InChI is InChI=1S/C10H18ClNO2/c11-6-2-1-5-10(14)12-7-3-4-9(13)8-12/h9,13H,1-8H2/t9-/m0/s1. The fraction of sp³-hybridized carbons (Fsp3) is 0.900. The van der Waals surface area contributed by atoms with Gasteiger partial charge < -0.3 is 10.0 Å². The zero-order chi connectivity index (χ0) is 10.4. The summed E-state index contributed by atoms with van der Waals surface area (Å²) >= 11 is 5.53. The van der Waals surface area contributed by atoms with E-state index in [1.165, 1.54) is 0 Å². The van der Waals surface area contributed by atoms with Crippen LogP contribution in [-0.4, -0.2) is 41.0 Å². The zero-order valence-corrected chi connectivity index (χ0v) is 9.17. The molecule has 14 heavy (non-hydrogen) atoms. The first kappa shape index (κ1) is 11.8. The molecule has 0 aliphatic carbocycles. The Labute approximate surface area is 90.0 Å². The average Bonchev–Trinajstić information content (AvgIpc) is 2.18. The third-order valence-corrected chi connectivity index (χ3v) is 2.79. The number of rotatable bonds is 4. The third-order valence-electron chi connectivity index (χ3n) is 2.52. The number of nitrogens with zero attached hydrogens (tertiary/aromatic N) is 1. The lowest BCUT2D eigenvalue weighted by atomic mass is 10.1. The number of aliphatic hydroxyl groups excluding tert-OH is 1. The van der Waals surface area contributed by atoms with Crippen molar-refractivity contribution >= 4 is 17.5 Å². The Hall–Kier alpha value is -0.280. The van der Waals surface area contributed by atoms with Crippen molar-refractivity contribution < 1.29 is 9.90 Å². The highest BCUT2D eigenvalue weighted by atomic mass is 35.5. The fourth-order valence-electron chi connectivity index (χ4n) is 1.71. The number of carbonyl (C=O) groups excluding carboxylic acids is 1. The molecule has 1 rings (SSSR count). The van der Waals surface area contributed by atoms with Crippen LogP contribution < -0.4 is 0 Å². The maximum atomic E-state index is 11.6. The Balaban J connectivity index is 2.22. The van der Waals surface area contributed by atoms with Crippen molar-refractivity contribution in [2.45, 2.75) is 38.2 Å². The topological polar surface area (TPSA) is 40.5 Å². The number of β-amino-alcohol motifs (C(OH)–C–C–N with tert-alkyl or cyclic N) is 1. The summed E-state index contributed by atoms with van der Waals surface area (Å²) in [5.41, 5.74) is 0. The number of amides is 1. The lowest BCUT2D eigenvalue weighted by Gasteiger charge is -2.30. The molecule has 4 heteroatoms. The Kier molecular flexibility index (Phi) is 5.26. The lowest BCUT2D eigenvalue weighted by molar-refractivity contribution is -0.134. The molecule has 1 fully saturated rings. The smallest absolute Gasteiger partial charge is 0.222 e. The van der Waals surface area contributed by atoms with Gasteiger partial charge in [-0.05, 0) is 25.7 Å². The maximum Gasteiger partial charge on any atom is 0.222 e. The van der Waals surface area contributed by atoms with Crippen LogP contribution in [0, 0.1) is 0 Å². The highest BCUT2D eigenvalue weighted by molar-refractivity contribution is 6.17. The number of aliphatic hydroxyl groups is 1. The summed E-state index contributed by atoms with van der Waals surface area (Å²) in [7, 11) is 0. The Bertz CT molecular complexity index is 187. The van der Waals surface area contributed by atoms with Gasteiger partial charge in [0.05, 0.1) is 6.10 Å². The van der Waals surface area contributed by atoms with Crippen molar-refractivity contribution in [3.63, 3.8) is 0 Å². The number of piperidine rings is 1. The van der Waals surface area contributed by atoms with Crippen LogP contribution in [0.5, 0.6) is 0 Å². The number of alkyl halides is 1. The molecule has 1 N–H and O–H groups in total. The molecule has 1 amide bonds. The van der Waals surface area contributed by atoms with Crippen LogP contribution in [0.4, 0.5) is 0 Å². The van der Waals surface area contributed by atoms with E-state index in [0.717, 1.165) is 32.2 Å². The normalized spacial score (nSPS) is 22.4. The van der Waals surface area contributed by atoms with Crippen molar-refractivity contribution in [2.75, 3.05) is 19.0 Å². The first-order valence-electron chi connectivity index (χ1n) is 5.26. The minimum atomic E-state index is -0.319. The highest BCUT2D eigenvalue weighted by Crippen LogP contribution is 2.12. The molecule has 1 saturated heterocycles. The molecule has 1 heterocycles. The van der Waals surface area contributed by atoms with Crippen LogP contribution in [0.15, 0.2) is 0 Å². The Morgan fingerprint density at radius 3 is 2.93 bits per heavy atom. The average molecular weight is 220 g/mol. The summed E-state index contributed by atoms with van der Waals surface area (Å²) < 4.78 is 0. The number of halogens is 1. The summed E-state index contributed by atoms with van der Waals surface area (Å²) in [5, 5.41) is 9.39. The fourth-order valence-corrected chi connectivity index (χ4v) is 1.90. The van der Waals surface area contributed by atoms with Crippen LogP contribution in [0.1, 0.15) is 32.1 Å². The van der Waals surface area contributed by atoms with Gasteiger partial charge in [0.1, 0.15) is 0 Å². The van der Waals surface area contributed by atoms with Crippen molar-refractivity contribution in [1.82, 2.24) is 4.90 Å². The maximum absolute atomic E-state index is 11.6. The summed E-state index contributed by atoms with van der Waals surface area (Å²) in [6.45, 7) is 1.32. The van der Waals surface area contributed by atoms with Crippen LogP contribution in [0.2, 0.25) is 0 Å². The zero-order valence-electron chi connectivity index (χ0n) is 8.41. The molecule has 0 bridgehead atoms. The van der Waals surface area contributed by atoms with E-state index < -0.39 is 0 Å². The summed E-state index contributed by atoms with van der Waals surface area (Å²) in [5.74, 6) is 0.782. The van der Waals surface area contributed by atoms with E-state index in [2.05, 4.69) is 0 Å². The molecule has 1 aliphatic heterocycles. The molecule has 0 spiro atoms. The number of carbonyl (C=O) groups is 1. The van der Waals surface area contributed by atoms with Crippen molar-refractivity contribution in [1.29, 1.82) is 0 Å². The molecular weight excluding hydrogens is 202 g/mol. The van der Waals surface area contributed by atoms with E-state index in [9.17, 15) is 9.90 Å². The first-order chi connectivity index (χ1) is 6.74. The van der Waals surface area contributed by atoms with E-state index >= 15 is 0 Å². The number of likely N-dealkylation sites (tertiary alicyclic amines) is 1. The Morgan fingerprint density at radius 1 is 1.50 bits per heavy atom. The molecule has 3 nitrogen and oxygen atoms in total. The second-order valence-corrected chi connectivity index (χ2v) is 4.16. The quantitative estimate of drug-likeness (QED) is 0.573. The third kappa shape index (κ3) is 3.84. The minimum absolute atomic E-state index is 0.161. The molecule has 0 saturated carbocycles. The van der Waals surface area contributed by atoms with E-state index in [-0.39, 0.29) is 12.0 Å². The molecule has 82 valence electrons. The molecule has 0 aromatic carbocycles. The molecule has 0 aromatic rings. The predicted octanol–water partition coefficient (Wildman–Crippen LogP) is 1.38. The van der Waals surface area contributed by atoms with E-state index in [0.29, 0.717) is 18.8 Å². The van der Waals surface area contributed by atoms with Crippen LogP contribution in [0.25, 0.3) is 0 Å². The lowest BCUT2D eigenvalue weighted by Crippen LogP contribution is -2.42. The van der Waals surface area contributed by atoms with Gasteiger partial charge in [-0.2, -0.15) is 0 Å². The van der Waals surface area contributed by atoms with Crippen molar-refractivity contribution in [2.24, 2.45) is 0 Å². The molecule has 0 radical (unpaired) electrons. The molecular formula is C10H18ClNO2. The number of hydrogen-bond donors (Lipinski definition) is 1. The van der Waals surface area contributed by atoms with Gasteiger partial charge in [0.15, 0.2) is 0 Å². The minimum Gasteiger partial charge on any atom is -0.391 e. The summed E-state index contributed by atoms with van der Waals surface area (Å²) in [6, 6.07) is 0.